The minimum atomic E-state index is 0. The van der Waals surface area contributed by atoms with Gasteiger partial charge in [0.05, 0.1) is 0 Å². The second-order valence-electron chi connectivity index (χ2n) is 7.37. The summed E-state index contributed by atoms with van der Waals surface area (Å²) in [5, 5.41) is 0. The summed E-state index contributed by atoms with van der Waals surface area (Å²) >= 11 is 0. The fourth-order valence-corrected chi connectivity index (χ4v) is 3.49. The Balaban J connectivity index is 0.00000312. The summed E-state index contributed by atoms with van der Waals surface area (Å²) < 4.78 is 4.85. The van der Waals surface area contributed by atoms with E-state index in [0.717, 1.165) is 13.1 Å². The van der Waals surface area contributed by atoms with E-state index in [1.165, 1.54) is 59.3 Å². The van der Waals surface area contributed by atoms with Gasteiger partial charge in [0, 0.05) is 48.9 Å². The topological polar surface area (TPSA) is 67.8 Å². The second kappa shape index (κ2) is 11.0. The quantitative estimate of drug-likeness (QED) is 0.553. The van der Waals surface area contributed by atoms with Crippen molar-refractivity contribution >= 4 is 0 Å². The summed E-state index contributed by atoms with van der Waals surface area (Å²) in [6.07, 6.45) is 9.73. The molecule has 2 aromatic heterocycles. The standard InChI is InChI=1S/C22H34N2.2H2O/c1-17-13-19(3)21(5)23(15-17)11-9-7-8-10-12-24-16-18(2)14-20(4)22(24)6;;/h13-16H,7-12H2,1-6H3;2*1H2/q+2;;/p-2. The van der Waals surface area contributed by atoms with Crippen molar-refractivity contribution in [3.63, 3.8) is 0 Å². The molecule has 2 rings (SSSR count). The highest BCUT2D eigenvalue weighted by atomic mass is 16.0. The molecule has 0 spiro atoms. The van der Waals surface area contributed by atoms with Gasteiger partial charge in [-0.2, -0.15) is 0 Å². The predicted octanol–water partition coefficient (Wildman–Crippen LogP) is 4.02. The molecular weight excluding hydrogens is 324 g/mol. The largest absolute Gasteiger partial charge is 0.870 e. The number of hydrogen-bond acceptors (Lipinski definition) is 2. The molecule has 0 aliphatic carbocycles. The molecule has 0 fully saturated rings. The number of nitrogens with zero attached hydrogens (tertiary/aromatic N) is 2. The Morgan fingerprint density at radius 2 is 0.923 bits per heavy atom. The Labute approximate surface area is 159 Å². The van der Waals surface area contributed by atoms with Crippen molar-refractivity contribution in [1.82, 2.24) is 0 Å². The molecule has 4 nitrogen and oxygen atoms in total. The van der Waals surface area contributed by atoms with E-state index < -0.39 is 0 Å². The van der Waals surface area contributed by atoms with Crippen LogP contribution in [0.1, 0.15) is 59.3 Å². The molecule has 0 unspecified atom stereocenters. The monoisotopic (exact) mass is 360 g/mol. The zero-order chi connectivity index (χ0) is 17.7. The molecule has 0 bridgehead atoms. The van der Waals surface area contributed by atoms with Crippen LogP contribution in [0.2, 0.25) is 0 Å². The average molecular weight is 361 g/mol. The molecule has 0 aromatic carbocycles. The molecule has 4 heteroatoms. The van der Waals surface area contributed by atoms with E-state index in [1.807, 2.05) is 0 Å². The van der Waals surface area contributed by atoms with Crippen molar-refractivity contribution in [3.05, 3.63) is 58.2 Å². The van der Waals surface area contributed by atoms with Crippen molar-refractivity contribution in [3.8, 4) is 0 Å². The van der Waals surface area contributed by atoms with E-state index in [0.29, 0.717) is 0 Å². The average Bonchev–Trinajstić information content (AvgIpc) is 2.51. The van der Waals surface area contributed by atoms with Crippen LogP contribution in [-0.4, -0.2) is 11.0 Å². The Hall–Kier alpha value is -1.78. The summed E-state index contributed by atoms with van der Waals surface area (Å²) in [7, 11) is 0. The summed E-state index contributed by atoms with van der Waals surface area (Å²) in [4.78, 5) is 0. The van der Waals surface area contributed by atoms with Crippen LogP contribution in [0.3, 0.4) is 0 Å². The van der Waals surface area contributed by atoms with E-state index in [1.54, 1.807) is 0 Å². The van der Waals surface area contributed by atoms with Crippen molar-refractivity contribution < 1.29 is 20.1 Å². The first-order valence-electron chi connectivity index (χ1n) is 9.33. The third kappa shape index (κ3) is 6.50. The van der Waals surface area contributed by atoms with Gasteiger partial charge < -0.3 is 11.0 Å². The molecule has 0 aliphatic heterocycles. The Bertz CT molecular complexity index is 650. The van der Waals surface area contributed by atoms with Crippen molar-refractivity contribution in [1.29, 1.82) is 0 Å². The van der Waals surface area contributed by atoms with E-state index in [2.05, 4.69) is 75.2 Å². The van der Waals surface area contributed by atoms with Gasteiger partial charge in [-0.15, -0.1) is 0 Å². The van der Waals surface area contributed by atoms with Crippen LogP contribution in [0.5, 0.6) is 0 Å². The lowest BCUT2D eigenvalue weighted by Crippen LogP contribution is -2.38. The van der Waals surface area contributed by atoms with Crippen molar-refractivity contribution in [2.45, 2.75) is 80.3 Å². The summed E-state index contributed by atoms with van der Waals surface area (Å²) in [6, 6.07) is 4.55. The van der Waals surface area contributed by atoms with E-state index in [9.17, 15) is 0 Å². The lowest BCUT2D eigenvalue weighted by Gasteiger charge is -2.06. The first-order chi connectivity index (χ1) is 11.4. The van der Waals surface area contributed by atoms with Gasteiger partial charge in [0.25, 0.3) is 0 Å². The second-order valence-corrected chi connectivity index (χ2v) is 7.37. The van der Waals surface area contributed by atoms with Gasteiger partial charge in [-0.1, -0.05) is 0 Å². The molecule has 2 aromatic rings. The molecule has 0 aliphatic rings. The van der Waals surface area contributed by atoms with Crippen molar-refractivity contribution in [2.75, 3.05) is 0 Å². The summed E-state index contributed by atoms with van der Waals surface area (Å²) in [5.41, 5.74) is 8.33. The van der Waals surface area contributed by atoms with Gasteiger partial charge >= 0.3 is 0 Å². The highest BCUT2D eigenvalue weighted by Crippen LogP contribution is 2.07. The molecule has 0 atom stereocenters. The molecule has 146 valence electrons. The van der Waals surface area contributed by atoms with Crippen LogP contribution >= 0.6 is 0 Å². The maximum absolute atomic E-state index is 2.42. The number of hydrogen-bond donors (Lipinski definition) is 0. The van der Waals surface area contributed by atoms with E-state index in [4.69, 9.17) is 0 Å². The maximum atomic E-state index is 2.42. The van der Waals surface area contributed by atoms with E-state index >= 15 is 0 Å². The van der Waals surface area contributed by atoms with Crippen LogP contribution in [0.4, 0.5) is 0 Å². The predicted molar refractivity (Wildman–Crippen MR) is 104 cm³/mol. The fourth-order valence-electron chi connectivity index (χ4n) is 3.49. The van der Waals surface area contributed by atoms with Gasteiger partial charge in [0.15, 0.2) is 23.8 Å². The third-order valence-corrected chi connectivity index (χ3v) is 5.16. The zero-order valence-electron chi connectivity index (χ0n) is 17.3. The molecule has 26 heavy (non-hydrogen) atoms. The molecule has 0 saturated heterocycles. The zero-order valence-corrected chi connectivity index (χ0v) is 17.3. The number of aryl methyl sites for hydroxylation is 6. The molecule has 2 heterocycles. The van der Waals surface area contributed by atoms with Gasteiger partial charge in [-0.05, 0) is 52.7 Å². The Morgan fingerprint density at radius 1 is 0.577 bits per heavy atom. The number of pyridine rings is 2. The maximum Gasteiger partial charge on any atom is 0.181 e. The minimum absolute atomic E-state index is 0. The third-order valence-electron chi connectivity index (χ3n) is 5.16. The normalized spacial score (nSPS) is 10.2. The highest BCUT2D eigenvalue weighted by Gasteiger charge is 2.11. The van der Waals surface area contributed by atoms with Gasteiger partial charge in [0.2, 0.25) is 0 Å². The smallest absolute Gasteiger partial charge is 0.181 e. The molecule has 0 radical (unpaired) electrons. The van der Waals surface area contributed by atoms with Crippen LogP contribution in [0, 0.1) is 41.5 Å². The van der Waals surface area contributed by atoms with E-state index in [-0.39, 0.29) is 11.0 Å². The fraction of sp³-hybridized carbons (Fsp3) is 0.545. The molecule has 2 N–H and O–H groups in total. The SMILES string of the molecule is Cc1cc(C)c(C)[n+](CCCCCC[n+]2cc(C)cc(C)c2C)c1.[OH-].[OH-]. The first kappa shape index (κ1) is 24.2. The Kier molecular flexibility index (Phi) is 10.3. The lowest BCUT2D eigenvalue weighted by molar-refractivity contribution is -0.705. The number of aromatic nitrogens is 2. The summed E-state index contributed by atoms with van der Waals surface area (Å²) in [5.74, 6) is 0. The lowest BCUT2D eigenvalue weighted by atomic mass is 10.1. The summed E-state index contributed by atoms with van der Waals surface area (Å²) in [6.45, 7) is 15.5. The first-order valence-corrected chi connectivity index (χ1v) is 9.33. The minimum Gasteiger partial charge on any atom is -0.870 e. The molecule has 0 amide bonds. The molecular formula is C22H36N2O2. The number of unbranched alkanes of at least 4 members (excludes halogenated alkanes) is 3. The van der Waals surface area contributed by atoms with Gasteiger partial charge in [-0.25, -0.2) is 9.13 Å². The highest BCUT2D eigenvalue weighted by molar-refractivity contribution is 5.18. The Morgan fingerprint density at radius 3 is 1.27 bits per heavy atom. The van der Waals surface area contributed by atoms with Crippen LogP contribution < -0.4 is 9.13 Å². The van der Waals surface area contributed by atoms with Crippen LogP contribution in [0.25, 0.3) is 0 Å². The van der Waals surface area contributed by atoms with Crippen molar-refractivity contribution in [2.24, 2.45) is 0 Å². The van der Waals surface area contributed by atoms with Crippen LogP contribution in [-0.2, 0) is 13.1 Å². The number of rotatable bonds is 7. The van der Waals surface area contributed by atoms with Crippen LogP contribution in [0.15, 0.2) is 24.5 Å². The molecule has 0 saturated carbocycles. The van der Waals surface area contributed by atoms with Gasteiger partial charge in [-0.3, -0.25) is 0 Å². The van der Waals surface area contributed by atoms with Gasteiger partial charge in [0.1, 0.15) is 13.1 Å².